The number of ether oxygens (including phenoxy) is 1. The van der Waals surface area contributed by atoms with Crippen LogP contribution in [0, 0.1) is 0 Å². The van der Waals surface area contributed by atoms with E-state index in [1.54, 1.807) is 0 Å². The van der Waals surface area contributed by atoms with Gasteiger partial charge in [-0.15, -0.1) is 11.8 Å². The Balaban J connectivity index is 1.85. The van der Waals surface area contributed by atoms with E-state index in [1.807, 2.05) is 36.3 Å². The van der Waals surface area contributed by atoms with Crippen LogP contribution in [-0.4, -0.2) is 30.0 Å². The third-order valence-electron chi connectivity index (χ3n) is 2.80. The molecule has 2 heterocycles. The van der Waals surface area contributed by atoms with E-state index < -0.39 is 0 Å². The maximum Gasteiger partial charge on any atom is 0.0666 e. The molecule has 0 radical (unpaired) electrons. The molecule has 2 atom stereocenters. The highest BCUT2D eigenvalue weighted by Gasteiger charge is 2.18. The second-order valence-corrected chi connectivity index (χ2v) is 5.21. The Hall–Kier alpha value is -0.580. The van der Waals surface area contributed by atoms with E-state index >= 15 is 0 Å². The van der Waals surface area contributed by atoms with Gasteiger partial charge in [0.1, 0.15) is 0 Å². The Bertz CT molecular complexity index is 301. The number of thioether (sulfide) groups is 1. The normalized spacial score (nSPS) is 22.2. The predicted molar refractivity (Wildman–Crippen MR) is 67.5 cm³/mol. The zero-order valence-electron chi connectivity index (χ0n) is 9.34. The first-order chi connectivity index (χ1) is 7.90. The maximum atomic E-state index is 5.81. The fraction of sp³-hybridized carbons (Fsp3) is 0.583. The quantitative estimate of drug-likeness (QED) is 0.852. The zero-order valence-corrected chi connectivity index (χ0v) is 10.2. The lowest BCUT2D eigenvalue weighted by Crippen LogP contribution is -2.14. The Labute approximate surface area is 101 Å². The third kappa shape index (κ3) is 3.20. The van der Waals surface area contributed by atoms with E-state index in [1.165, 1.54) is 18.4 Å². The molecule has 3 nitrogen and oxygen atoms in total. The lowest BCUT2D eigenvalue weighted by atomic mass is 10.2. The largest absolute Gasteiger partial charge is 0.377 e. The smallest absolute Gasteiger partial charge is 0.0666 e. The number of pyridine rings is 1. The molecule has 88 valence electrons. The maximum absolute atomic E-state index is 5.81. The summed E-state index contributed by atoms with van der Waals surface area (Å²) in [6, 6.07) is 4.08. The molecule has 1 aliphatic heterocycles. The van der Waals surface area contributed by atoms with Gasteiger partial charge >= 0.3 is 0 Å². The van der Waals surface area contributed by atoms with Gasteiger partial charge in [0.15, 0.2) is 0 Å². The molecule has 1 saturated heterocycles. The minimum atomic E-state index is 0.368. The topological polar surface area (TPSA) is 48.1 Å². The second-order valence-electron chi connectivity index (χ2n) is 3.97. The van der Waals surface area contributed by atoms with Gasteiger partial charge in [-0.1, -0.05) is 0 Å². The van der Waals surface area contributed by atoms with Crippen LogP contribution in [0.15, 0.2) is 24.5 Å². The number of rotatable bonds is 5. The molecule has 0 aromatic carbocycles. The summed E-state index contributed by atoms with van der Waals surface area (Å²) in [6.45, 7) is 1.59. The lowest BCUT2D eigenvalue weighted by molar-refractivity contribution is 0.129. The van der Waals surface area contributed by atoms with Crippen molar-refractivity contribution in [2.75, 3.05) is 18.9 Å². The van der Waals surface area contributed by atoms with Crippen LogP contribution >= 0.6 is 11.8 Å². The molecule has 0 bridgehead atoms. The molecule has 2 rings (SSSR count). The van der Waals surface area contributed by atoms with Crippen LogP contribution < -0.4 is 5.73 Å². The van der Waals surface area contributed by atoms with E-state index in [9.17, 15) is 0 Å². The molecular weight excluding hydrogens is 220 g/mol. The number of aromatic nitrogens is 1. The molecule has 16 heavy (non-hydrogen) atoms. The van der Waals surface area contributed by atoms with Gasteiger partial charge in [0.05, 0.1) is 6.10 Å². The van der Waals surface area contributed by atoms with Crippen LogP contribution in [0.2, 0.25) is 0 Å². The van der Waals surface area contributed by atoms with Gasteiger partial charge in [0, 0.05) is 36.5 Å². The van der Waals surface area contributed by atoms with Crippen molar-refractivity contribution in [2.45, 2.75) is 24.2 Å². The van der Waals surface area contributed by atoms with Crippen molar-refractivity contribution >= 4 is 11.8 Å². The Kier molecular flexibility index (Phi) is 4.63. The first kappa shape index (κ1) is 11.9. The number of hydrogen-bond acceptors (Lipinski definition) is 4. The summed E-state index contributed by atoms with van der Waals surface area (Å²) in [7, 11) is 0. The van der Waals surface area contributed by atoms with Crippen molar-refractivity contribution in [2.24, 2.45) is 5.73 Å². The van der Waals surface area contributed by atoms with Gasteiger partial charge in [0.2, 0.25) is 0 Å². The molecule has 4 heteroatoms. The second kappa shape index (κ2) is 6.23. The van der Waals surface area contributed by atoms with Gasteiger partial charge in [-0.25, -0.2) is 0 Å². The van der Waals surface area contributed by atoms with Gasteiger partial charge in [-0.3, -0.25) is 4.98 Å². The molecule has 0 aliphatic carbocycles. The van der Waals surface area contributed by atoms with Gasteiger partial charge in [-0.05, 0) is 30.5 Å². The SMILES string of the molecule is NCC(SCC1CCCO1)c1ccncc1. The monoisotopic (exact) mass is 238 g/mol. The highest BCUT2D eigenvalue weighted by molar-refractivity contribution is 7.99. The first-order valence-electron chi connectivity index (χ1n) is 5.73. The molecular formula is C12H18N2OS. The summed E-state index contributed by atoms with van der Waals surface area (Å²) in [6.07, 6.45) is 6.48. The molecule has 0 amide bonds. The highest BCUT2D eigenvalue weighted by Crippen LogP contribution is 2.30. The summed E-state index contributed by atoms with van der Waals surface area (Å²) in [4.78, 5) is 4.02. The van der Waals surface area contributed by atoms with Crippen molar-refractivity contribution in [3.8, 4) is 0 Å². The Morgan fingerprint density at radius 3 is 2.94 bits per heavy atom. The summed E-state index contributed by atoms with van der Waals surface area (Å²) in [5.41, 5.74) is 7.07. The Morgan fingerprint density at radius 1 is 1.50 bits per heavy atom. The molecule has 1 fully saturated rings. The summed E-state index contributed by atoms with van der Waals surface area (Å²) < 4.78 is 5.61. The van der Waals surface area contributed by atoms with Crippen molar-refractivity contribution < 1.29 is 4.74 Å². The Morgan fingerprint density at radius 2 is 2.31 bits per heavy atom. The predicted octanol–water partition coefficient (Wildman–Crippen LogP) is 1.99. The first-order valence-corrected chi connectivity index (χ1v) is 6.78. The van der Waals surface area contributed by atoms with Crippen LogP contribution in [0.25, 0.3) is 0 Å². The minimum absolute atomic E-state index is 0.368. The lowest BCUT2D eigenvalue weighted by Gasteiger charge is -2.17. The summed E-state index contributed by atoms with van der Waals surface area (Å²) >= 11 is 1.89. The van der Waals surface area contributed by atoms with E-state index in [2.05, 4.69) is 4.98 Å². The minimum Gasteiger partial charge on any atom is -0.377 e. The van der Waals surface area contributed by atoms with Crippen molar-refractivity contribution in [3.63, 3.8) is 0 Å². The third-order valence-corrected chi connectivity index (χ3v) is 4.23. The average molecular weight is 238 g/mol. The highest BCUT2D eigenvalue weighted by atomic mass is 32.2. The fourth-order valence-corrected chi connectivity index (χ4v) is 3.07. The molecule has 2 unspecified atom stereocenters. The summed E-state index contributed by atoms with van der Waals surface area (Å²) in [5, 5.41) is 0.368. The number of nitrogens with two attached hydrogens (primary N) is 1. The standard InChI is InChI=1S/C12H18N2OS/c13-8-12(10-3-5-14-6-4-10)16-9-11-2-1-7-15-11/h3-6,11-12H,1-2,7-9,13H2. The van der Waals surface area contributed by atoms with Crippen molar-refractivity contribution in [1.29, 1.82) is 0 Å². The van der Waals surface area contributed by atoms with E-state index in [4.69, 9.17) is 10.5 Å². The molecule has 1 aromatic rings. The number of nitrogens with zero attached hydrogens (tertiary/aromatic N) is 1. The molecule has 2 N–H and O–H groups in total. The van der Waals surface area contributed by atoms with Crippen LogP contribution in [0.1, 0.15) is 23.7 Å². The van der Waals surface area contributed by atoms with Crippen LogP contribution in [0.3, 0.4) is 0 Å². The van der Waals surface area contributed by atoms with Gasteiger partial charge in [0.25, 0.3) is 0 Å². The zero-order chi connectivity index (χ0) is 11.2. The van der Waals surface area contributed by atoms with E-state index in [-0.39, 0.29) is 0 Å². The van der Waals surface area contributed by atoms with Crippen LogP contribution in [0.4, 0.5) is 0 Å². The van der Waals surface area contributed by atoms with Gasteiger partial charge < -0.3 is 10.5 Å². The average Bonchev–Trinajstić information content (AvgIpc) is 2.84. The van der Waals surface area contributed by atoms with Crippen molar-refractivity contribution in [3.05, 3.63) is 30.1 Å². The van der Waals surface area contributed by atoms with Gasteiger partial charge in [-0.2, -0.15) is 0 Å². The molecule has 0 saturated carbocycles. The molecule has 0 spiro atoms. The molecule has 1 aromatic heterocycles. The molecule has 1 aliphatic rings. The van der Waals surface area contributed by atoms with Crippen LogP contribution in [-0.2, 0) is 4.74 Å². The van der Waals surface area contributed by atoms with Crippen LogP contribution in [0.5, 0.6) is 0 Å². The number of hydrogen-bond donors (Lipinski definition) is 1. The summed E-state index contributed by atoms with van der Waals surface area (Å²) in [5.74, 6) is 1.05. The van der Waals surface area contributed by atoms with E-state index in [0.29, 0.717) is 17.9 Å². The fourth-order valence-electron chi connectivity index (χ4n) is 1.88. The van der Waals surface area contributed by atoms with Crippen molar-refractivity contribution in [1.82, 2.24) is 4.98 Å². The van der Waals surface area contributed by atoms with E-state index in [0.717, 1.165) is 12.4 Å².